The molecule has 0 bridgehead atoms. The van der Waals surface area contributed by atoms with Gasteiger partial charge in [-0.3, -0.25) is 4.79 Å². The van der Waals surface area contributed by atoms with E-state index in [4.69, 9.17) is 4.74 Å². The summed E-state index contributed by atoms with van der Waals surface area (Å²) in [5, 5.41) is 11.3. The Labute approximate surface area is 139 Å². The first-order chi connectivity index (χ1) is 11.1. The fourth-order valence-corrected chi connectivity index (χ4v) is 4.30. The SMILES string of the molecule is CCCC(Pc1ccc(C)cc1C=O)c1cc(OC)ccc1O. The van der Waals surface area contributed by atoms with E-state index in [2.05, 4.69) is 6.92 Å². The lowest BCUT2D eigenvalue weighted by Crippen LogP contribution is -2.07. The van der Waals surface area contributed by atoms with Crippen molar-refractivity contribution < 1.29 is 14.6 Å². The molecule has 4 heteroatoms. The predicted octanol–water partition coefficient (Wildman–Crippen LogP) is 4.37. The molecule has 0 aliphatic carbocycles. The van der Waals surface area contributed by atoms with Gasteiger partial charge in [0, 0.05) is 16.8 Å². The number of ether oxygens (including phenoxy) is 1. The minimum Gasteiger partial charge on any atom is -0.508 e. The van der Waals surface area contributed by atoms with Crippen molar-refractivity contribution in [2.24, 2.45) is 0 Å². The summed E-state index contributed by atoms with van der Waals surface area (Å²) in [6, 6.07) is 11.3. The maximum absolute atomic E-state index is 11.4. The van der Waals surface area contributed by atoms with E-state index in [-0.39, 0.29) is 11.4 Å². The van der Waals surface area contributed by atoms with Crippen molar-refractivity contribution in [1.29, 1.82) is 0 Å². The van der Waals surface area contributed by atoms with Crippen LogP contribution in [0, 0.1) is 6.92 Å². The van der Waals surface area contributed by atoms with Gasteiger partial charge >= 0.3 is 0 Å². The van der Waals surface area contributed by atoms with Crippen molar-refractivity contribution in [2.45, 2.75) is 32.3 Å². The van der Waals surface area contributed by atoms with Crippen LogP contribution in [0.25, 0.3) is 0 Å². The number of rotatable bonds is 7. The maximum Gasteiger partial charge on any atom is 0.150 e. The average Bonchev–Trinajstić information content (AvgIpc) is 2.56. The number of phenols is 1. The summed E-state index contributed by atoms with van der Waals surface area (Å²) in [6.45, 7) is 4.11. The Morgan fingerprint density at radius 3 is 2.70 bits per heavy atom. The van der Waals surface area contributed by atoms with E-state index in [9.17, 15) is 9.90 Å². The van der Waals surface area contributed by atoms with Crippen molar-refractivity contribution in [3.05, 3.63) is 53.1 Å². The van der Waals surface area contributed by atoms with Gasteiger partial charge in [0.2, 0.25) is 0 Å². The molecule has 0 fully saturated rings. The molecule has 0 amide bonds. The first-order valence-electron chi connectivity index (χ1n) is 7.78. The molecular weight excluding hydrogens is 307 g/mol. The lowest BCUT2D eigenvalue weighted by Gasteiger charge is -2.20. The molecule has 0 aromatic heterocycles. The largest absolute Gasteiger partial charge is 0.508 e. The first-order valence-corrected chi connectivity index (χ1v) is 8.86. The normalized spacial score (nSPS) is 12.5. The van der Waals surface area contributed by atoms with Crippen LogP contribution in [-0.4, -0.2) is 18.5 Å². The molecule has 2 rings (SSSR count). The molecular formula is C19H23O3P. The second kappa shape index (κ2) is 8.12. The fourth-order valence-electron chi connectivity index (χ4n) is 2.63. The number of hydrogen-bond acceptors (Lipinski definition) is 3. The average molecular weight is 330 g/mol. The van der Waals surface area contributed by atoms with Crippen LogP contribution >= 0.6 is 8.58 Å². The van der Waals surface area contributed by atoms with E-state index in [0.29, 0.717) is 8.58 Å². The van der Waals surface area contributed by atoms with Crippen molar-refractivity contribution in [2.75, 3.05) is 7.11 Å². The molecule has 0 saturated heterocycles. The number of hydrogen-bond donors (Lipinski definition) is 1. The van der Waals surface area contributed by atoms with Gasteiger partial charge < -0.3 is 9.84 Å². The number of benzene rings is 2. The minimum atomic E-state index is 0.177. The van der Waals surface area contributed by atoms with Crippen LogP contribution in [0.5, 0.6) is 11.5 Å². The third-order valence-corrected chi connectivity index (χ3v) is 5.57. The molecule has 0 heterocycles. The quantitative estimate of drug-likeness (QED) is 0.606. The van der Waals surface area contributed by atoms with Gasteiger partial charge in [-0.1, -0.05) is 39.6 Å². The Kier molecular flexibility index (Phi) is 6.18. The summed E-state index contributed by atoms with van der Waals surface area (Å²) in [4.78, 5) is 11.4. The zero-order chi connectivity index (χ0) is 16.8. The Balaban J connectivity index is 2.38. The van der Waals surface area contributed by atoms with Crippen LogP contribution in [-0.2, 0) is 0 Å². The zero-order valence-corrected chi connectivity index (χ0v) is 14.8. The van der Waals surface area contributed by atoms with Crippen LogP contribution < -0.4 is 10.0 Å². The monoisotopic (exact) mass is 330 g/mol. The van der Waals surface area contributed by atoms with Gasteiger partial charge in [0.05, 0.1) is 7.11 Å². The molecule has 0 aliphatic rings. The molecule has 0 radical (unpaired) electrons. The lowest BCUT2D eigenvalue weighted by atomic mass is 10.1. The topological polar surface area (TPSA) is 46.5 Å². The van der Waals surface area contributed by atoms with E-state index in [0.717, 1.165) is 46.9 Å². The highest BCUT2D eigenvalue weighted by Gasteiger charge is 2.18. The number of phenolic OH excluding ortho intramolecular Hbond substituents is 1. The molecule has 0 aliphatic heterocycles. The number of aryl methyl sites for hydroxylation is 1. The Morgan fingerprint density at radius 2 is 2.04 bits per heavy atom. The number of aromatic hydroxyl groups is 1. The van der Waals surface area contributed by atoms with Crippen LogP contribution in [0.2, 0.25) is 0 Å². The molecule has 2 unspecified atom stereocenters. The first kappa shape index (κ1) is 17.5. The van der Waals surface area contributed by atoms with Crippen LogP contribution in [0.4, 0.5) is 0 Å². The number of carbonyl (C=O) groups is 1. The number of carbonyl (C=O) groups excluding carboxylic acids is 1. The van der Waals surface area contributed by atoms with E-state index >= 15 is 0 Å². The molecule has 3 nitrogen and oxygen atoms in total. The van der Waals surface area contributed by atoms with Gasteiger partial charge in [-0.25, -0.2) is 0 Å². The Morgan fingerprint density at radius 1 is 1.26 bits per heavy atom. The Hall–Kier alpha value is -1.86. The number of methoxy groups -OCH3 is 1. The van der Waals surface area contributed by atoms with Gasteiger partial charge in [0.1, 0.15) is 11.5 Å². The van der Waals surface area contributed by atoms with Crippen LogP contribution in [0.3, 0.4) is 0 Å². The van der Waals surface area contributed by atoms with E-state index in [1.807, 2.05) is 31.2 Å². The highest BCUT2D eigenvalue weighted by molar-refractivity contribution is 7.47. The van der Waals surface area contributed by atoms with Gasteiger partial charge in [-0.2, -0.15) is 0 Å². The molecule has 122 valence electrons. The second-order valence-corrected chi connectivity index (χ2v) is 7.14. The lowest BCUT2D eigenvalue weighted by molar-refractivity contribution is 0.112. The third kappa shape index (κ3) is 4.33. The van der Waals surface area contributed by atoms with Crippen molar-refractivity contribution >= 4 is 20.2 Å². The number of aldehydes is 1. The van der Waals surface area contributed by atoms with Gasteiger partial charge in [-0.15, -0.1) is 0 Å². The summed E-state index contributed by atoms with van der Waals surface area (Å²) in [7, 11) is 2.05. The molecule has 2 aromatic carbocycles. The summed E-state index contributed by atoms with van der Waals surface area (Å²) in [5.41, 5.74) is 2.89. The molecule has 2 aromatic rings. The molecule has 0 saturated carbocycles. The van der Waals surface area contributed by atoms with Gasteiger partial charge in [0.25, 0.3) is 0 Å². The summed E-state index contributed by atoms with van der Waals surface area (Å²) in [6.07, 6.45) is 2.88. The van der Waals surface area contributed by atoms with E-state index in [1.54, 1.807) is 19.2 Å². The van der Waals surface area contributed by atoms with Crippen LogP contribution in [0.1, 0.15) is 46.9 Å². The Bertz CT molecular complexity index is 682. The highest BCUT2D eigenvalue weighted by atomic mass is 31.1. The molecule has 23 heavy (non-hydrogen) atoms. The fraction of sp³-hybridized carbons (Fsp3) is 0.316. The van der Waals surface area contributed by atoms with E-state index in [1.165, 1.54) is 0 Å². The van der Waals surface area contributed by atoms with Crippen molar-refractivity contribution in [3.8, 4) is 11.5 Å². The van der Waals surface area contributed by atoms with Crippen LogP contribution in [0.15, 0.2) is 36.4 Å². The maximum atomic E-state index is 11.4. The molecule has 1 N–H and O–H groups in total. The highest BCUT2D eigenvalue weighted by Crippen LogP contribution is 2.43. The predicted molar refractivity (Wildman–Crippen MR) is 96.8 cm³/mol. The summed E-state index contributed by atoms with van der Waals surface area (Å²) >= 11 is 0. The van der Waals surface area contributed by atoms with E-state index < -0.39 is 0 Å². The third-order valence-electron chi connectivity index (χ3n) is 3.85. The zero-order valence-electron chi connectivity index (χ0n) is 13.8. The summed E-state index contributed by atoms with van der Waals surface area (Å²) in [5.74, 6) is 1.03. The van der Waals surface area contributed by atoms with Crippen molar-refractivity contribution in [3.63, 3.8) is 0 Å². The van der Waals surface area contributed by atoms with Crippen molar-refractivity contribution in [1.82, 2.24) is 0 Å². The van der Waals surface area contributed by atoms with Gasteiger partial charge in [-0.05, 0) is 42.9 Å². The minimum absolute atomic E-state index is 0.177. The summed E-state index contributed by atoms with van der Waals surface area (Å²) < 4.78 is 5.28. The standard InChI is InChI=1S/C19H23O3P/c1-4-5-19(16-11-15(22-3)7-8-17(16)21)23-18-9-6-13(2)10-14(18)12-20/h6-12,19,21,23H,4-5H2,1-3H3. The molecule has 2 atom stereocenters. The smallest absolute Gasteiger partial charge is 0.150 e. The molecule has 0 spiro atoms. The van der Waals surface area contributed by atoms with Gasteiger partial charge in [0.15, 0.2) is 6.29 Å². The second-order valence-electron chi connectivity index (χ2n) is 5.62.